The van der Waals surface area contributed by atoms with Gasteiger partial charge in [0.25, 0.3) is 6.29 Å². The first-order valence-electron chi connectivity index (χ1n) is 8.55. The number of carbonyl (C=O) groups excluding carboxylic acids is 2. The number of fused-ring (bicyclic) bond motifs is 1. The van der Waals surface area contributed by atoms with Crippen LogP contribution in [-0.2, 0) is 20.7 Å². The van der Waals surface area contributed by atoms with Crippen molar-refractivity contribution in [3.8, 4) is 0 Å². The molecule has 4 nitrogen and oxygen atoms in total. The molecular weight excluding hydrogens is 316 g/mol. The van der Waals surface area contributed by atoms with Crippen LogP contribution in [0.5, 0.6) is 0 Å². The summed E-state index contributed by atoms with van der Waals surface area (Å²) in [5.74, 6) is -0.713. The minimum Gasteiger partial charge on any atom is -0.420 e. The van der Waals surface area contributed by atoms with Gasteiger partial charge >= 0.3 is 11.9 Å². The fraction of sp³-hybridized carbons (Fsp3) is 0.333. The fourth-order valence-corrected chi connectivity index (χ4v) is 2.96. The molecule has 2 unspecified atom stereocenters. The van der Waals surface area contributed by atoms with Crippen molar-refractivity contribution in [2.45, 2.75) is 39.4 Å². The van der Waals surface area contributed by atoms with Gasteiger partial charge in [0.05, 0.1) is 11.5 Å². The first kappa shape index (κ1) is 17.2. The van der Waals surface area contributed by atoms with E-state index in [0.717, 1.165) is 12.0 Å². The van der Waals surface area contributed by atoms with Crippen LogP contribution >= 0.6 is 0 Å². The first-order valence-corrected chi connectivity index (χ1v) is 8.55. The molecule has 2 atom stereocenters. The number of benzene rings is 2. The summed E-state index contributed by atoms with van der Waals surface area (Å²) in [6.45, 7) is 6.14. The highest BCUT2D eigenvalue weighted by atomic mass is 16.7. The van der Waals surface area contributed by atoms with Gasteiger partial charge in [-0.1, -0.05) is 56.3 Å². The predicted molar refractivity (Wildman–Crippen MR) is 94.1 cm³/mol. The molecule has 0 fully saturated rings. The van der Waals surface area contributed by atoms with E-state index in [0.29, 0.717) is 17.0 Å². The average molecular weight is 338 g/mol. The maximum atomic E-state index is 12.5. The van der Waals surface area contributed by atoms with E-state index >= 15 is 0 Å². The van der Waals surface area contributed by atoms with E-state index in [1.54, 1.807) is 31.2 Å². The normalized spacial score (nSPS) is 17.1. The van der Waals surface area contributed by atoms with Gasteiger partial charge in [-0.15, -0.1) is 0 Å². The second-order valence-corrected chi connectivity index (χ2v) is 6.82. The fourth-order valence-electron chi connectivity index (χ4n) is 2.96. The van der Waals surface area contributed by atoms with E-state index in [1.165, 1.54) is 5.56 Å². The lowest BCUT2D eigenvalue weighted by atomic mass is 9.97. The Hall–Kier alpha value is -2.62. The molecule has 3 rings (SSSR count). The second-order valence-electron chi connectivity index (χ2n) is 6.82. The van der Waals surface area contributed by atoms with E-state index in [1.807, 2.05) is 24.3 Å². The molecular formula is C21H22O4. The highest BCUT2D eigenvalue weighted by Gasteiger charge is 2.34. The lowest BCUT2D eigenvalue weighted by molar-refractivity contribution is -0.169. The third-order valence-corrected chi connectivity index (χ3v) is 4.35. The van der Waals surface area contributed by atoms with Crippen LogP contribution in [0.15, 0.2) is 48.5 Å². The third-order valence-electron chi connectivity index (χ3n) is 4.35. The van der Waals surface area contributed by atoms with Crippen LogP contribution in [0.25, 0.3) is 0 Å². The lowest BCUT2D eigenvalue weighted by Gasteiger charge is -2.16. The van der Waals surface area contributed by atoms with Crippen LogP contribution in [0, 0.1) is 5.92 Å². The van der Waals surface area contributed by atoms with Gasteiger partial charge in [-0.25, -0.2) is 4.79 Å². The number of ether oxygens (including phenoxy) is 2. The van der Waals surface area contributed by atoms with Gasteiger partial charge in [0.2, 0.25) is 0 Å². The maximum absolute atomic E-state index is 12.5. The van der Waals surface area contributed by atoms with E-state index in [9.17, 15) is 9.59 Å². The Kier molecular flexibility index (Phi) is 4.88. The molecule has 0 radical (unpaired) electrons. The Bertz CT molecular complexity index is 777. The summed E-state index contributed by atoms with van der Waals surface area (Å²) in [6, 6.07) is 15.0. The van der Waals surface area contributed by atoms with Crippen molar-refractivity contribution >= 4 is 11.9 Å². The number of cyclic esters (lactones) is 1. The lowest BCUT2D eigenvalue weighted by Crippen LogP contribution is -2.17. The van der Waals surface area contributed by atoms with E-state index < -0.39 is 24.1 Å². The van der Waals surface area contributed by atoms with Gasteiger partial charge in [-0.05, 0) is 36.5 Å². The Morgan fingerprint density at radius 2 is 1.76 bits per heavy atom. The molecule has 1 aliphatic heterocycles. The molecule has 1 aliphatic rings. The molecule has 0 aromatic heterocycles. The smallest absolute Gasteiger partial charge is 0.342 e. The summed E-state index contributed by atoms with van der Waals surface area (Å²) in [6.07, 6.45) is 0.0485. The highest BCUT2D eigenvalue weighted by Crippen LogP contribution is 2.32. The number of hydrogen-bond acceptors (Lipinski definition) is 4. The van der Waals surface area contributed by atoms with E-state index in [2.05, 4.69) is 13.8 Å². The predicted octanol–water partition coefficient (Wildman–Crippen LogP) is 4.40. The summed E-state index contributed by atoms with van der Waals surface area (Å²) in [7, 11) is 0. The molecule has 0 amide bonds. The molecule has 0 bridgehead atoms. The minimum absolute atomic E-state index is 0.411. The van der Waals surface area contributed by atoms with Crippen molar-refractivity contribution in [1.82, 2.24) is 0 Å². The number of hydrogen-bond donors (Lipinski definition) is 0. The Labute approximate surface area is 147 Å². The summed E-state index contributed by atoms with van der Waals surface area (Å²) < 4.78 is 10.6. The number of esters is 2. The number of carbonyl (C=O) groups is 2. The molecule has 130 valence electrons. The standard InChI is InChI=1S/C21H22O4/c1-13(2)12-15-8-10-16(11-9-15)14(3)19(22)24-21-18-7-5-4-6-17(18)20(23)25-21/h4-11,13-14,21H,12H2,1-3H3. The summed E-state index contributed by atoms with van der Waals surface area (Å²) in [5, 5.41) is 0. The number of rotatable bonds is 5. The van der Waals surface area contributed by atoms with Gasteiger partial charge in [0.15, 0.2) is 0 Å². The van der Waals surface area contributed by atoms with Gasteiger partial charge in [-0.2, -0.15) is 0 Å². The highest BCUT2D eigenvalue weighted by molar-refractivity contribution is 5.94. The molecule has 0 saturated heterocycles. The molecule has 2 aromatic carbocycles. The molecule has 1 heterocycles. The van der Waals surface area contributed by atoms with Crippen molar-refractivity contribution in [3.63, 3.8) is 0 Å². The zero-order valence-electron chi connectivity index (χ0n) is 14.7. The zero-order chi connectivity index (χ0) is 18.0. The molecule has 4 heteroatoms. The van der Waals surface area contributed by atoms with E-state index in [4.69, 9.17) is 9.47 Å². The summed E-state index contributed by atoms with van der Waals surface area (Å²) >= 11 is 0. The average Bonchev–Trinajstić information content (AvgIpc) is 2.91. The van der Waals surface area contributed by atoms with Gasteiger partial charge in [-0.3, -0.25) is 4.79 Å². The minimum atomic E-state index is -0.959. The third kappa shape index (κ3) is 3.73. The largest absolute Gasteiger partial charge is 0.420 e. The van der Waals surface area contributed by atoms with Crippen LogP contribution in [0.1, 0.15) is 60.0 Å². The van der Waals surface area contributed by atoms with Gasteiger partial charge < -0.3 is 9.47 Å². The van der Waals surface area contributed by atoms with Crippen LogP contribution in [-0.4, -0.2) is 11.9 Å². The molecule has 0 saturated carbocycles. The monoisotopic (exact) mass is 338 g/mol. The first-order chi connectivity index (χ1) is 12.0. The van der Waals surface area contributed by atoms with Gasteiger partial charge in [0, 0.05) is 5.56 Å². The molecule has 0 N–H and O–H groups in total. The molecule has 25 heavy (non-hydrogen) atoms. The molecule has 2 aromatic rings. The Morgan fingerprint density at radius 3 is 2.44 bits per heavy atom. The Morgan fingerprint density at radius 1 is 1.08 bits per heavy atom. The van der Waals surface area contributed by atoms with Crippen molar-refractivity contribution in [2.24, 2.45) is 5.92 Å². The van der Waals surface area contributed by atoms with Crippen LogP contribution in [0.4, 0.5) is 0 Å². The second kappa shape index (κ2) is 7.09. The van der Waals surface area contributed by atoms with Crippen molar-refractivity contribution < 1.29 is 19.1 Å². The van der Waals surface area contributed by atoms with Gasteiger partial charge in [0.1, 0.15) is 0 Å². The Balaban J connectivity index is 1.68. The topological polar surface area (TPSA) is 52.6 Å². The van der Waals surface area contributed by atoms with Crippen molar-refractivity contribution in [1.29, 1.82) is 0 Å². The van der Waals surface area contributed by atoms with Crippen LogP contribution in [0.3, 0.4) is 0 Å². The van der Waals surface area contributed by atoms with Crippen LogP contribution in [0.2, 0.25) is 0 Å². The quantitative estimate of drug-likeness (QED) is 0.758. The SMILES string of the molecule is CC(C)Cc1ccc(C(C)C(=O)OC2OC(=O)c3ccccc32)cc1. The van der Waals surface area contributed by atoms with Crippen molar-refractivity contribution in [2.75, 3.05) is 0 Å². The summed E-state index contributed by atoms with van der Waals surface area (Å²) in [4.78, 5) is 24.3. The summed E-state index contributed by atoms with van der Waals surface area (Å²) in [5.41, 5.74) is 3.18. The van der Waals surface area contributed by atoms with E-state index in [-0.39, 0.29) is 0 Å². The molecule has 0 spiro atoms. The maximum Gasteiger partial charge on any atom is 0.342 e. The molecule has 0 aliphatic carbocycles. The van der Waals surface area contributed by atoms with Crippen molar-refractivity contribution in [3.05, 3.63) is 70.8 Å². The van der Waals surface area contributed by atoms with Crippen LogP contribution < -0.4 is 0 Å². The zero-order valence-corrected chi connectivity index (χ0v) is 14.7.